The summed E-state index contributed by atoms with van der Waals surface area (Å²) in [6.45, 7) is 4.81. The van der Waals surface area contributed by atoms with E-state index in [1.54, 1.807) is 6.92 Å². The van der Waals surface area contributed by atoms with Crippen LogP contribution in [0.15, 0.2) is 48.5 Å². The zero-order valence-electron chi connectivity index (χ0n) is 21.0. The normalized spacial score (nSPS) is 12.8. The number of nitrogens with zero attached hydrogens (tertiary/aromatic N) is 2. The highest BCUT2D eigenvalue weighted by molar-refractivity contribution is 7.92. The van der Waals surface area contributed by atoms with Crippen molar-refractivity contribution in [1.82, 2.24) is 10.2 Å². The summed E-state index contributed by atoms with van der Waals surface area (Å²) in [5, 5.41) is 2.75. The molecule has 0 radical (unpaired) electrons. The van der Waals surface area contributed by atoms with Crippen molar-refractivity contribution in [2.24, 2.45) is 5.92 Å². The van der Waals surface area contributed by atoms with Gasteiger partial charge < -0.3 is 10.2 Å². The van der Waals surface area contributed by atoms with Crippen molar-refractivity contribution in [2.75, 3.05) is 23.7 Å². The molecule has 0 bridgehead atoms. The minimum Gasteiger partial charge on any atom is -0.354 e. The minimum absolute atomic E-state index is 0.129. The molecular formula is C25H31F4N3O4S. The number of rotatable bonds is 11. The fourth-order valence-electron chi connectivity index (χ4n) is 3.58. The van der Waals surface area contributed by atoms with Crippen LogP contribution < -0.4 is 9.62 Å². The Labute approximate surface area is 214 Å². The molecule has 0 aliphatic rings. The van der Waals surface area contributed by atoms with E-state index in [0.717, 1.165) is 29.4 Å². The molecule has 2 amide bonds. The number of benzene rings is 2. The van der Waals surface area contributed by atoms with E-state index in [0.29, 0.717) is 22.5 Å². The van der Waals surface area contributed by atoms with Crippen LogP contribution in [0.25, 0.3) is 0 Å². The molecule has 1 N–H and O–H groups in total. The first-order valence-electron chi connectivity index (χ1n) is 11.6. The molecule has 0 spiro atoms. The Balaban J connectivity index is 2.46. The van der Waals surface area contributed by atoms with Gasteiger partial charge in [-0.05, 0) is 48.2 Å². The van der Waals surface area contributed by atoms with Crippen molar-refractivity contribution in [3.63, 3.8) is 0 Å². The van der Waals surface area contributed by atoms with Crippen LogP contribution in [0.5, 0.6) is 0 Å². The Morgan fingerprint density at radius 3 is 2.19 bits per heavy atom. The molecular weight excluding hydrogens is 514 g/mol. The van der Waals surface area contributed by atoms with E-state index in [4.69, 9.17) is 0 Å². The molecule has 0 aliphatic heterocycles. The van der Waals surface area contributed by atoms with Crippen LogP contribution in [0.3, 0.4) is 0 Å². The van der Waals surface area contributed by atoms with Gasteiger partial charge in [0.15, 0.2) is 0 Å². The second kappa shape index (κ2) is 12.4. The lowest BCUT2D eigenvalue weighted by Gasteiger charge is -2.33. The van der Waals surface area contributed by atoms with Crippen molar-refractivity contribution in [2.45, 2.75) is 46.0 Å². The first-order chi connectivity index (χ1) is 17.1. The average Bonchev–Trinajstić information content (AvgIpc) is 2.81. The highest BCUT2D eigenvalue weighted by Gasteiger charge is 2.34. The van der Waals surface area contributed by atoms with Crippen LogP contribution in [0, 0.1) is 11.7 Å². The van der Waals surface area contributed by atoms with Gasteiger partial charge in [-0.15, -0.1) is 0 Å². The number of hydrogen-bond donors (Lipinski definition) is 1. The second-order valence-electron chi connectivity index (χ2n) is 9.03. The first-order valence-corrected chi connectivity index (χ1v) is 13.4. The molecule has 1 unspecified atom stereocenters. The van der Waals surface area contributed by atoms with Gasteiger partial charge in [-0.2, -0.15) is 13.2 Å². The molecule has 7 nitrogen and oxygen atoms in total. The van der Waals surface area contributed by atoms with Crippen LogP contribution >= 0.6 is 0 Å². The molecule has 0 aromatic heterocycles. The lowest BCUT2D eigenvalue weighted by atomic mass is 10.1. The Morgan fingerprint density at radius 2 is 1.68 bits per heavy atom. The Kier molecular flexibility index (Phi) is 10.1. The number of carbonyl (C=O) groups excluding carboxylic acids is 2. The number of anilines is 1. The molecule has 12 heteroatoms. The molecule has 0 fully saturated rings. The van der Waals surface area contributed by atoms with Crippen LogP contribution in [0.1, 0.15) is 38.3 Å². The SMILES string of the molecule is CCC(C(=O)NCC(C)C)N(Cc1ccc(F)cc1)C(=O)CN(c1cccc(C(F)(F)F)c1)S(C)(=O)=O. The van der Waals surface area contributed by atoms with Gasteiger partial charge >= 0.3 is 6.18 Å². The Bertz CT molecular complexity index is 1190. The van der Waals surface area contributed by atoms with Crippen LogP contribution in [-0.2, 0) is 32.3 Å². The van der Waals surface area contributed by atoms with Gasteiger partial charge in [0, 0.05) is 13.1 Å². The smallest absolute Gasteiger partial charge is 0.354 e. The quantitative estimate of drug-likeness (QED) is 0.429. The lowest BCUT2D eigenvalue weighted by Crippen LogP contribution is -2.52. The highest BCUT2D eigenvalue weighted by Crippen LogP contribution is 2.32. The first kappa shape index (κ1) is 30.1. The standard InChI is InChI=1S/C25H31F4N3O4S/c1-5-22(24(34)30-14-17(2)3)31(15-18-9-11-20(26)12-10-18)23(33)16-32(37(4,35)36)21-8-6-7-19(13-21)25(27,28)29/h6-13,17,22H,5,14-16H2,1-4H3,(H,30,34). The predicted molar refractivity (Wildman–Crippen MR) is 133 cm³/mol. The van der Waals surface area contributed by atoms with E-state index in [1.807, 2.05) is 13.8 Å². The zero-order valence-corrected chi connectivity index (χ0v) is 21.9. The zero-order chi connectivity index (χ0) is 28.0. The predicted octanol–water partition coefficient (Wildman–Crippen LogP) is 4.19. The molecule has 1 atom stereocenters. The van der Waals surface area contributed by atoms with Crippen LogP contribution in [0.2, 0.25) is 0 Å². The average molecular weight is 546 g/mol. The summed E-state index contributed by atoms with van der Waals surface area (Å²) in [6.07, 6.45) is -3.77. The van der Waals surface area contributed by atoms with Gasteiger partial charge in [0.2, 0.25) is 21.8 Å². The van der Waals surface area contributed by atoms with Gasteiger partial charge in [-0.3, -0.25) is 13.9 Å². The molecule has 2 aromatic rings. The molecule has 0 saturated heterocycles. The fourth-order valence-corrected chi connectivity index (χ4v) is 4.42. The summed E-state index contributed by atoms with van der Waals surface area (Å²) in [7, 11) is -4.19. The van der Waals surface area contributed by atoms with E-state index in [1.165, 1.54) is 24.3 Å². The molecule has 0 saturated carbocycles. The summed E-state index contributed by atoms with van der Waals surface area (Å²) < 4.78 is 78.8. The maximum Gasteiger partial charge on any atom is 0.416 e. The Morgan fingerprint density at radius 1 is 1.05 bits per heavy atom. The van der Waals surface area contributed by atoms with Crippen molar-refractivity contribution < 1.29 is 35.6 Å². The number of sulfonamides is 1. The van der Waals surface area contributed by atoms with E-state index < -0.39 is 52.0 Å². The van der Waals surface area contributed by atoms with Gasteiger partial charge in [0.25, 0.3) is 0 Å². The summed E-state index contributed by atoms with van der Waals surface area (Å²) >= 11 is 0. The van der Waals surface area contributed by atoms with Gasteiger partial charge in [0.1, 0.15) is 18.4 Å². The summed E-state index contributed by atoms with van der Waals surface area (Å²) in [4.78, 5) is 27.6. The van der Waals surface area contributed by atoms with Gasteiger partial charge in [0.05, 0.1) is 17.5 Å². The number of nitrogens with one attached hydrogen (secondary N) is 1. The highest BCUT2D eigenvalue weighted by atomic mass is 32.2. The van der Waals surface area contributed by atoms with Crippen molar-refractivity contribution in [1.29, 1.82) is 0 Å². The van der Waals surface area contributed by atoms with Crippen LogP contribution in [0.4, 0.5) is 23.2 Å². The second-order valence-corrected chi connectivity index (χ2v) is 10.9. The fraction of sp³-hybridized carbons (Fsp3) is 0.440. The maximum absolute atomic E-state index is 13.5. The van der Waals surface area contributed by atoms with E-state index in [-0.39, 0.29) is 24.6 Å². The molecule has 0 heterocycles. The molecule has 2 rings (SSSR count). The van der Waals surface area contributed by atoms with E-state index in [2.05, 4.69) is 5.32 Å². The number of halogens is 4. The third kappa shape index (κ3) is 8.73. The monoisotopic (exact) mass is 545 g/mol. The largest absolute Gasteiger partial charge is 0.416 e. The molecule has 37 heavy (non-hydrogen) atoms. The molecule has 2 aromatic carbocycles. The summed E-state index contributed by atoms with van der Waals surface area (Å²) in [6, 6.07) is 7.85. The number of carbonyl (C=O) groups is 2. The number of hydrogen-bond acceptors (Lipinski definition) is 4. The summed E-state index contributed by atoms with van der Waals surface area (Å²) in [5.74, 6) is -1.64. The maximum atomic E-state index is 13.5. The topological polar surface area (TPSA) is 86.8 Å². The third-order valence-electron chi connectivity index (χ3n) is 5.48. The van der Waals surface area contributed by atoms with Crippen molar-refractivity contribution >= 4 is 27.5 Å². The molecule has 204 valence electrons. The van der Waals surface area contributed by atoms with Gasteiger partial charge in [-0.1, -0.05) is 39.0 Å². The third-order valence-corrected chi connectivity index (χ3v) is 6.62. The molecule has 0 aliphatic carbocycles. The minimum atomic E-state index is -4.72. The van der Waals surface area contributed by atoms with Crippen molar-refractivity contribution in [3.05, 3.63) is 65.5 Å². The van der Waals surface area contributed by atoms with Crippen LogP contribution in [-0.4, -0.2) is 50.5 Å². The van der Waals surface area contributed by atoms with E-state index >= 15 is 0 Å². The Hall–Kier alpha value is -3.15. The summed E-state index contributed by atoms with van der Waals surface area (Å²) in [5.41, 5.74) is -0.937. The van der Waals surface area contributed by atoms with Crippen molar-refractivity contribution in [3.8, 4) is 0 Å². The lowest BCUT2D eigenvalue weighted by molar-refractivity contribution is -0.140. The van der Waals surface area contributed by atoms with Gasteiger partial charge in [-0.25, -0.2) is 12.8 Å². The number of amides is 2. The number of alkyl halides is 3. The van der Waals surface area contributed by atoms with E-state index in [9.17, 15) is 35.6 Å².